The second-order valence-corrected chi connectivity index (χ2v) is 9.25. The fourth-order valence-corrected chi connectivity index (χ4v) is 4.91. The lowest BCUT2D eigenvalue weighted by Crippen LogP contribution is -2.55. The van der Waals surface area contributed by atoms with Crippen LogP contribution >= 0.6 is 0 Å². The van der Waals surface area contributed by atoms with Crippen molar-refractivity contribution >= 4 is 23.5 Å². The van der Waals surface area contributed by atoms with Crippen LogP contribution in [0.1, 0.15) is 23.2 Å². The van der Waals surface area contributed by atoms with E-state index in [1.165, 1.54) is 5.56 Å². The van der Waals surface area contributed by atoms with E-state index >= 15 is 0 Å². The number of hydrogen-bond acceptors (Lipinski definition) is 7. The Bertz CT molecular complexity index is 1220. The summed E-state index contributed by atoms with van der Waals surface area (Å²) in [5, 5.41) is 4.53. The van der Waals surface area contributed by atoms with Crippen molar-refractivity contribution in [2.45, 2.75) is 25.8 Å². The van der Waals surface area contributed by atoms with Gasteiger partial charge in [0.25, 0.3) is 0 Å². The van der Waals surface area contributed by atoms with Gasteiger partial charge in [0.05, 0.1) is 11.9 Å². The molecule has 2 aliphatic heterocycles. The molecule has 0 aliphatic carbocycles. The number of hydrogen-bond donors (Lipinski definition) is 1. The first-order valence-electron chi connectivity index (χ1n) is 11.7. The molecule has 1 saturated heterocycles. The van der Waals surface area contributed by atoms with Crippen LogP contribution in [-0.2, 0) is 6.42 Å². The van der Waals surface area contributed by atoms with Crippen molar-refractivity contribution in [1.29, 1.82) is 0 Å². The van der Waals surface area contributed by atoms with Crippen LogP contribution in [0, 0.1) is 12.7 Å². The molecule has 0 saturated carbocycles. The third kappa shape index (κ3) is 4.35. The van der Waals surface area contributed by atoms with Gasteiger partial charge in [-0.1, -0.05) is 18.2 Å². The van der Waals surface area contributed by atoms with Crippen LogP contribution in [0.4, 0.5) is 21.8 Å². The van der Waals surface area contributed by atoms with Crippen molar-refractivity contribution in [3.63, 3.8) is 0 Å². The average Bonchev–Trinajstić information content (AvgIpc) is 3.18. The minimum Gasteiger partial charge on any atom is -0.368 e. The lowest BCUT2D eigenvalue weighted by atomic mass is 9.94. The Labute approximate surface area is 199 Å². The summed E-state index contributed by atoms with van der Waals surface area (Å²) >= 11 is 0. The third-order valence-corrected chi connectivity index (χ3v) is 6.77. The molecule has 8 nitrogen and oxygen atoms in total. The molecule has 9 heteroatoms. The molecule has 1 fully saturated rings. The van der Waals surface area contributed by atoms with Gasteiger partial charge in [0.1, 0.15) is 11.6 Å². The molecule has 2 aromatic heterocycles. The molecule has 2 aliphatic rings. The largest absolute Gasteiger partial charge is 0.368 e. The molecule has 0 spiro atoms. The van der Waals surface area contributed by atoms with Gasteiger partial charge >= 0.3 is 0 Å². The molecule has 1 atom stereocenters. The zero-order chi connectivity index (χ0) is 23.8. The highest BCUT2D eigenvalue weighted by Gasteiger charge is 2.31. The van der Waals surface area contributed by atoms with Gasteiger partial charge in [-0.3, -0.25) is 4.90 Å². The van der Waals surface area contributed by atoms with E-state index in [2.05, 4.69) is 37.0 Å². The normalized spacial score (nSPS) is 18.2. The van der Waals surface area contributed by atoms with Gasteiger partial charge in [-0.25, -0.2) is 9.07 Å². The molecule has 178 valence electrons. The first kappa shape index (κ1) is 22.3. The van der Waals surface area contributed by atoms with Gasteiger partial charge in [-0.05, 0) is 37.5 Å². The van der Waals surface area contributed by atoms with Gasteiger partial charge in [0.2, 0.25) is 5.95 Å². The zero-order valence-electron chi connectivity index (χ0n) is 19.9. The first-order chi connectivity index (χ1) is 16.4. The molecule has 1 unspecified atom stereocenters. The van der Waals surface area contributed by atoms with E-state index in [-0.39, 0.29) is 11.8 Å². The minimum atomic E-state index is -0.150. The Morgan fingerprint density at radius 3 is 2.88 bits per heavy atom. The SMILES string of the molecule is Cc1c(/C=C/CN2CCN3c4cc(F)ccc4CCC3C2)cnn1-c1cc(N(C)C)nc(N)n1. The van der Waals surface area contributed by atoms with E-state index in [1.54, 1.807) is 16.8 Å². The number of nitrogens with two attached hydrogens (primary N) is 1. The number of aromatic nitrogens is 4. The number of piperazine rings is 1. The van der Waals surface area contributed by atoms with E-state index in [1.807, 2.05) is 44.2 Å². The molecule has 0 amide bonds. The van der Waals surface area contributed by atoms with Crippen LogP contribution in [0.2, 0.25) is 0 Å². The van der Waals surface area contributed by atoms with Crippen LogP contribution in [0.3, 0.4) is 0 Å². The molecule has 2 N–H and O–H groups in total. The monoisotopic (exact) mass is 462 g/mol. The van der Waals surface area contributed by atoms with Crippen LogP contribution in [0.15, 0.2) is 36.5 Å². The molecule has 0 bridgehead atoms. The predicted molar refractivity (Wildman–Crippen MR) is 134 cm³/mol. The number of fused-ring (bicyclic) bond motifs is 3. The number of halogens is 1. The van der Waals surface area contributed by atoms with E-state index in [9.17, 15) is 4.39 Å². The first-order valence-corrected chi connectivity index (χ1v) is 11.7. The van der Waals surface area contributed by atoms with Crippen molar-refractivity contribution in [3.05, 3.63) is 59.2 Å². The van der Waals surface area contributed by atoms with E-state index in [0.717, 1.165) is 61.8 Å². The summed E-state index contributed by atoms with van der Waals surface area (Å²) in [5.74, 6) is 1.46. The Balaban J connectivity index is 1.24. The smallest absolute Gasteiger partial charge is 0.224 e. The molecule has 3 aromatic rings. The lowest BCUT2D eigenvalue weighted by molar-refractivity contribution is 0.234. The quantitative estimate of drug-likeness (QED) is 0.625. The minimum absolute atomic E-state index is 0.150. The number of aryl methyl sites for hydroxylation is 1. The maximum Gasteiger partial charge on any atom is 0.224 e. The highest BCUT2D eigenvalue weighted by Crippen LogP contribution is 2.33. The van der Waals surface area contributed by atoms with Crippen molar-refractivity contribution in [1.82, 2.24) is 24.6 Å². The Hall–Kier alpha value is -3.46. The number of anilines is 3. The molecule has 5 rings (SSSR count). The maximum atomic E-state index is 13.8. The summed E-state index contributed by atoms with van der Waals surface area (Å²) in [6, 6.07) is 7.53. The predicted octanol–water partition coefficient (Wildman–Crippen LogP) is 2.91. The molecule has 0 radical (unpaired) electrons. The zero-order valence-corrected chi connectivity index (χ0v) is 19.9. The van der Waals surface area contributed by atoms with Crippen molar-refractivity contribution in [3.8, 4) is 5.82 Å². The van der Waals surface area contributed by atoms with E-state index in [0.29, 0.717) is 11.9 Å². The summed E-state index contributed by atoms with van der Waals surface area (Å²) in [6.45, 7) is 5.78. The summed E-state index contributed by atoms with van der Waals surface area (Å²) in [6.07, 6.45) is 8.29. The van der Waals surface area contributed by atoms with Gasteiger partial charge in [-0.2, -0.15) is 15.1 Å². The average molecular weight is 463 g/mol. The Kier molecular flexibility index (Phi) is 5.95. The standard InChI is InChI=1S/C25H31FN8/c1-17-19(15-28-34(17)24-14-23(31(2)3)29-25(27)30-24)5-4-10-32-11-12-33-21(16-32)9-7-18-6-8-20(26)13-22(18)33/h4-6,8,13-15,21H,7,9-12,16H2,1-3H3,(H2,27,29,30)/b5-4+. The van der Waals surface area contributed by atoms with Crippen molar-refractivity contribution in [2.75, 3.05) is 55.8 Å². The van der Waals surface area contributed by atoms with Crippen LogP contribution in [0.25, 0.3) is 11.9 Å². The van der Waals surface area contributed by atoms with Gasteiger partial charge in [-0.15, -0.1) is 0 Å². The Morgan fingerprint density at radius 2 is 2.06 bits per heavy atom. The third-order valence-electron chi connectivity index (χ3n) is 6.77. The van der Waals surface area contributed by atoms with E-state index < -0.39 is 0 Å². The van der Waals surface area contributed by atoms with Crippen molar-refractivity contribution < 1.29 is 4.39 Å². The van der Waals surface area contributed by atoms with Gasteiger partial charge in [0, 0.05) is 63.6 Å². The number of benzene rings is 1. The fourth-order valence-electron chi connectivity index (χ4n) is 4.91. The lowest BCUT2D eigenvalue weighted by Gasteiger charge is -2.46. The second-order valence-electron chi connectivity index (χ2n) is 9.25. The van der Waals surface area contributed by atoms with Gasteiger partial charge < -0.3 is 15.5 Å². The fraction of sp³-hybridized carbons (Fsp3) is 0.400. The molecule has 1 aromatic carbocycles. The number of rotatable bonds is 5. The topological polar surface area (TPSA) is 79.3 Å². The highest BCUT2D eigenvalue weighted by molar-refractivity contribution is 5.57. The van der Waals surface area contributed by atoms with Crippen LogP contribution in [0.5, 0.6) is 0 Å². The van der Waals surface area contributed by atoms with Crippen molar-refractivity contribution in [2.24, 2.45) is 0 Å². The molecule has 34 heavy (non-hydrogen) atoms. The Morgan fingerprint density at radius 1 is 1.21 bits per heavy atom. The number of nitrogens with zero attached hydrogens (tertiary/aromatic N) is 7. The highest BCUT2D eigenvalue weighted by atomic mass is 19.1. The summed E-state index contributed by atoms with van der Waals surface area (Å²) in [7, 11) is 3.83. The molecule has 4 heterocycles. The molecular weight excluding hydrogens is 431 g/mol. The maximum absolute atomic E-state index is 13.8. The second kappa shape index (κ2) is 9.06. The number of nitrogen functional groups attached to an aromatic ring is 1. The summed E-state index contributed by atoms with van der Waals surface area (Å²) in [5.41, 5.74) is 10.3. The summed E-state index contributed by atoms with van der Waals surface area (Å²) < 4.78 is 15.6. The van der Waals surface area contributed by atoms with Crippen LogP contribution in [-0.4, -0.2) is 71.0 Å². The summed E-state index contributed by atoms with van der Waals surface area (Å²) in [4.78, 5) is 15.4. The van der Waals surface area contributed by atoms with E-state index in [4.69, 9.17) is 5.73 Å². The van der Waals surface area contributed by atoms with Crippen LogP contribution < -0.4 is 15.5 Å². The molecular formula is C25H31FN8. The van der Waals surface area contributed by atoms with Gasteiger partial charge in [0.15, 0.2) is 5.82 Å².